The predicted octanol–water partition coefficient (Wildman–Crippen LogP) is 5.35. The van der Waals surface area contributed by atoms with Crippen molar-refractivity contribution in [3.63, 3.8) is 0 Å². The van der Waals surface area contributed by atoms with E-state index in [0.717, 1.165) is 61.5 Å². The molecule has 0 atom stereocenters. The summed E-state index contributed by atoms with van der Waals surface area (Å²) in [5, 5.41) is 8.32. The quantitative estimate of drug-likeness (QED) is 0.356. The molecule has 8 nitrogen and oxygen atoms in total. The van der Waals surface area contributed by atoms with E-state index in [1.165, 1.54) is 0 Å². The number of hydrogen-bond donors (Lipinski definition) is 1. The van der Waals surface area contributed by atoms with E-state index in [-0.39, 0.29) is 5.91 Å². The van der Waals surface area contributed by atoms with Gasteiger partial charge in [-0.25, -0.2) is 9.50 Å². The number of anilines is 1. The van der Waals surface area contributed by atoms with Gasteiger partial charge in [-0.3, -0.25) is 4.79 Å². The molecular weight excluding hydrogens is 490 g/mol. The van der Waals surface area contributed by atoms with E-state index in [1.807, 2.05) is 54.7 Å². The van der Waals surface area contributed by atoms with E-state index >= 15 is 0 Å². The minimum Gasteiger partial charge on any atom is -0.436 e. The number of halogens is 1. The van der Waals surface area contributed by atoms with Gasteiger partial charge in [-0.05, 0) is 49.9 Å². The van der Waals surface area contributed by atoms with Gasteiger partial charge >= 0.3 is 0 Å². The van der Waals surface area contributed by atoms with Crippen molar-refractivity contribution < 1.29 is 14.3 Å². The number of benzene rings is 2. The zero-order valence-electron chi connectivity index (χ0n) is 20.6. The molecule has 1 aliphatic heterocycles. The number of carbonyl (C=O) groups excluding carboxylic acids is 1. The largest absolute Gasteiger partial charge is 0.436 e. The first kappa shape index (κ1) is 23.8. The number of hydrogen-bond acceptors (Lipinski definition) is 6. The number of amides is 1. The number of carbonyl (C=O) groups is 1. The number of ether oxygens (including phenoxy) is 2. The van der Waals surface area contributed by atoms with Gasteiger partial charge in [0, 0.05) is 49.5 Å². The third-order valence-electron chi connectivity index (χ3n) is 6.95. The number of imidazole rings is 1. The van der Waals surface area contributed by atoms with Gasteiger partial charge in [0.15, 0.2) is 5.65 Å². The summed E-state index contributed by atoms with van der Waals surface area (Å²) < 4.78 is 13.5. The van der Waals surface area contributed by atoms with E-state index in [9.17, 15) is 4.79 Å². The highest BCUT2D eigenvalue weighted by Crippen LogP contribution is 2.34. The van der Waals surface area contributed by atoms with Crippen LogP contribution in [0.1, 0.15) is 36.0 Å². The van der Waals surface area contributed by atoms with Gasteiger partial charge in [0.2, 0.25) is 5.88 Å². The van der Waals surface area contributed by atoms with Crippen molar-refractivity contribution in [3.05, 3.63) is 71.4 Å². The molecule has 3 heterocycles. The zero-order chi connectivity index (χ0) is 25.4. The standard InChI is InChI=1S/C28H28ClN5O3/c1-33(21-12-14-36-15-13-21)23-16-26(37-25-5-3-2-4-22(25)29)32-34-24(17-30-27(23)34)18-6-8-19(9-7-18)28(35)31-20-10-11-20/h2-9,16-17,20-21H,10-15H2,1H3,(H,31,35). The molecule has 2 fully saturated rings. The van der Waals surface area contributed by atoms with Gasteiger partial charge in [-0.1, -0.05) is 35.9 Å². The second-order valence-corrected chi connectivity index (χ2v) is 9.97. The summed E-state index contributed by atoms with van der Waals surface area (Å²) in [7, 11) is 2.08. The van der Waals surface area contributed by atoms with Crippen molar-refractivity contribution in [2.75, 3.05) is 25.2 Å². The van der Waals surface area contributed by atoms with Crippen LogP contribution in [0.3, 0.4) is 0 Å². The van der Waals surface area contributed by atoms with Crippen LogP contribution in [-0.2, 0) is 4.74 Å². The summed E-state index contributed by atoms with van der Waals surface area (Å²) in [5.41, 5.74) is 3.98. The van der Waals surface area contributed by atoms with Gasteiger partial charge in [0.1, 0.15) is 5.75 Å². The van der Waals surface area contributed by atoms with Crippen molar-refractivity contribution in [2.45, 2.75) is 37.8 Å². The summed E-state index contributed by atoms with van der Waals surface area (Å²) in [4.78, 5) is 19.4. The van der Waals surface area contributed by atoms with Crippen LogP contribution in [-0.4, -0.2) is 52.9 Å². The molecule has 1 aliphatic carbocycles. The minimum absolute atomic E-state index is 0.0406. The molecule has 4 aromatic rings. The first-order valence-corrected chi connectivity index (χ1v) is 13.0. The number of fused-ring (bicyclic) bond motifs is 1. The first-order valence-electron chi connectivity index (χ1n) is 12.6. The molecular formula is C28H28ClN5O3. The fourth-order valence-corrected chi connectivity index (χ4v) is 4.81. The molecule has 190 valence electrons. The topological polar surface area (TPSA) is 81.0 Å². The molecule has 0 bridgehead atoms. The molecule has 0 radical (unpaired) electrons. The molecule has 0 unspecified atom stereocenters. The molecule has 1 saturated carbocycles. The molecule has 1 N–H and O–H groups in total. The van der Waals surface area contributed by atoms with Crippen molar-refractivity contribution in [3.8, 4) is 22.9 Å². The Morgan fingerprint density at radius 3 is 2.59 bits per heavy atom. The predicted molar refractivity (Wildman–Crippen MR) is 143 cm³/mol. The fraction of sp³-hybridized carbons (Fsp3) is 0.321. The van der Waals surface area contributed by atoms with Crippen LogP contribution < -0.4 is 15.0 Å². The molecule has 6 rings (SSSR count). The lowest BCUT2D eigenvalue weighted by atomic mass is 10.1. The summed E-state index contributed by atoms with van der Waals surface area (Å²) in [5.74, 6) is 0.902. The van der Waals surface area contributed by atoms with E-state index in [0.29, 0.717) is 34.3 Å². The maximum Gasteiger partial charge on any atom is 0.251 e. The molecule has 2 aromatic carbocycles. The van der Waals surface area contributed by atoms with Gasteiger partial charge in [-0.15, -0.1) is 5.10 Å². The smallest absolute Gasteiger partial charge is 0.251 e. The molecule has 37 heavy (non-hydrogen) atoms. The third-order valence-corrected chi connectivity index (χ3v) is 7.26. The molecule has 2 aromatic heterocycles. The number of nitrogens with one attached hydrogen (secondary N) is 1. The van der Waals surface area contributed by atoms with E-state index in [2.05, 4.69) is 17.3 Å². The average molecular weight is 518 g/mol. The summed E-state index contributed by atoms with van der Waals surface area (Å²) in [6.07, 6.45) is 5.79. The van der Waals surface area contributed by atoms with Crippen LogP contribution in [0.15, 0.2) is 60.8 Å². The summed E-state index contributed by atoms with van der Waals surface area (Å²) in [6, 6.07) is 17.4. The average Bonchev–Trinajstić information content (AvgIpc) is 3.65. The number of para-hydroxylation sites is 1. The highest BCUT2D eigenvalue weighted by Gasteiger charge is 2.25. The van der Waals surface area contributed by atoms with Crippen molar-refractivity contribution in [1.82, 2.24) is 19.9 Å². The maximum absolute atomic E-state index is 12.4. The monoisotopic (exact) mass is 517 g/mol. The van der Waals surface area contributed by atoms with E-state index < -0.39 is 0 Å². The Bertz CT molecular complexity index is 1430. The van der Waals surface area contributed by atoms with Crippen LogP contribution in [0, 0.1) is 0 Å². The van der Waals surface area contributed by atoms with Crippen LogP contribution in [0.5, 0.6) is 11.6 Å². The first-order chi connectivity index (χ1) is 18.1. The number of rotatable bonds is 7. The van der Waals surface area contributed by atoms with Crippen LogP contribution in [0.25, 0.3) is 16.9 Å². The van der Waals surface area contributed by atoms with Crippen LogP contribution in [0.4, 0.5) is 5.69 Å². The van der Waals surface area contributed by atoms with Crippen molar-refractivity contribution in [2.24, 2.45) is 0 Å². The fourth-order valence-electron chi connectivity index (χ4n) is 4.63. The second-order valence-electron chi connectivity index (χ2n) is 9.56. The van der Waals surface area contributed by atoms with Gasteiger partial charge in [0.05, 0.1) is 22.6 Å². The highest BCUT2D eigenvalue weighted by molar-refractivity contribution is 6.32. The Morgan fingerprint density at radius 2 is 1.86 bits per heavy atom. The molecule has 1 amide bonds. The third kappa shape index (κ3) is 4.99. The van der Waals surface area contributed by atoms with Crippen LogP contribution >= 0.6 is 11.6 Å². The maximum atomic E-state index is 12.4. The Hall–Kier alpha value is -3.62. The van der Waals surface area contributed by atoms with Gasteiger partial charge < -0.3 is 19.7 Å². The summed E-state index contributed by atoms with van der Waals surface area (Å²) >= 11 is 6.37. The van der Waals surface area contributed by atoms with Crippen LogP contribution in [0.2, 0.25) is 5.02 Å². The Kier molecular flexibility index (Phi) is 6.44. The lowest BCUT2D eigenvalue weighted by Crippen LogP contribution is -2.37. The Balaban J connectivity index is 1.39. The SMILES string of the molecule is CN(c1cc(Oc2ccccc2Cl)nn2c(-c3ccc(C(=O)NC4CC4)cc3)cnc12)C1CCOCC1. The molecule has 0 spiro atoms. The van der Waals surface area contributed by atoms with Crippen molar-refractivity contribution >= 4 is 28.8 Å². The number of aromatic nitrogens is 3. The van der Waals surface area contributed by atoms with Crippen molar-refractivity contribution in [1.29, 1.82) is 0 Å². The zero-order valence-corrected chi connectivity index (χ0v) is 21.3. The highest BCUT2D eigenvalue weighted by atomic mass is 35.5. The van der Waals surface area contributed by atoms with E-state index in [4.69, 9.17) is 31.2 Å². The number of nitrogens with zero attached hydrogens (tertiary/aromatic N) is 4. The lowest BCUT2D eigenvalue weighted by Gasteiger charge is -2.33. The van der Waals surface area contributed by atoms with Gasteiger partial charge in [0.25, 0.3) is 5.91 Å². The molecule has 1 saturated heterocycles. The summed E-state index contributed by atoms with van der Waals surface area (Å²) in [6.45, 7) is 1.47. The second kappa shape index (κ2) is 10.0. The Morgan fingerprint density at radius 1 is 1.11 bits per heavy atom. The molecule has 2 aliphatic rings. The molecule has 9 heteroatoms. The van der Waals surface area contributed by atoms with Gasteiger partial charge in [-0.2, -0.15) is 0 Å². The Labute approximate surface area is 220 Å². The minimum atomic E-state index is -0.0406. The van der Waals surface area contributed by atoms with E-state index in [1.54, 1.807) is 10.6 Å². The lowest BCUT2D eigenvalue weighted by molar-refractivity contribution is 0.0855. The normalized spacial score (nSPS) is 16.1.